The molecular weight excluding hydrogens is 180 g/mol. The maximum atomic E-state index is 2.46. The molecule has 92 valence electrons. The van der Waals surface area contributed by atoms with Crippen molar-refractivity contribution in [2.45, 2.75) is 86.5 Å². The Labute approximate surface area is 97.8 Å². The van der Waals surface area contributed by atoms with E-state index in [9.17, 15) is 0 Å². The van der Waals surface area contributed by atoms with Crippen LogP contribution in [-0.4, -0.2) is 0 Å². The molecule has 0 aliphatic rings. The average molecular weight is 212 g/mol. The minimum Gasteiger partial charge on any atom is -0.0649 e. The van der Waals surface area contributed by atoms with E-state index in [1.54, 1.807) is 0 Å². The van der Waals surface area contributed by atoms with E-state index in [4.69, 9.17) is 0 Å². The Morgan fingerprint density at radius 1 is 0.600 bits per heavy atom. The van der Waals surface area contributed by atoms with Gasteiger partial charge in [-0.25, -0.2) is 0 Å². The summed E-state index contributed by atoms with van der Waals surface area (Å²) in [5.74, 6) is 0. The highest BCUT2D eigenvalue weighted by Crippen LogP contribution is 2.41. The molecule has 0 atom stereocenters. The fourth-order valence-electron chi connectivity index (χ4n) is 2.45. The first-order valence-corrected chi connectivity index (χ1v) is 7.01. The van der Waals surface area contributed by atoms with Crippen molar-refractivity contribution in [2.75, 3.05) is 0 Å². The van der Waals surface area contributed by atoms with Crippen molar-refractivity contribution in [3.8, 4) is 0 Å². The molecule has 15 heavy (non-hydrogen) atoms. The van der Waals surface area contributed by atoms with Gasteiger partial charge in [-0.2, -0.15) is 0 Å². The SMILES string of the molecule is CCC(C)(CC)CCC(CC)(CC)CC. The summed E-state index contributed by atoms with van der Waals surface area (Å²) >= 11 is 0. The number of hydrogen-bond donors (Lipinski definition) is 0. The number of hydrogen-bond acceptors (Lipinski definition) is 0. The van der Waals surface area contributed by atoms with Gasteiger partial charge in [-0.15, -0.1) is 0 Å². The summed E-state index contributed by atoms with van der Waals surface area (Å²) in [4.78, 5) is 0. The molecule has 0 saturated heterocycles. The lowest BCUT2D eigenvalue weighted by atomic mass is 9.70. The summed E-state index contributed by atoms with van der Waals surface area (Å²) in [5, 5.41) is 0. The molecule has 0 aromatic rings. The van der Waals surface area contributed by atoms with Gasteiger partial charge in [0.1, 0.15) is 0 Å². The Kier molecular flexibility index (Phi) is 6.55. The van der Waals surface area contributed by atoms with E-state index in [0.29, 0.717) is 10.8 Å². The van der Waals surface area contributed by atoms with Gasteiger partial charge in [0.15, 0.2) is 0 Å². The Bertz CT molecular complexity index is 141. The lowest BCUT2D eigenvalue weighted by Gasteiger charge is -2.35. The van der Waals surface area contributed by atoms with Crippen LogP contribution in [-0.2, 0) is 0 Å². The topological polar surface area (TPSA) is 0 Å². The van der Waals surface area contributed by atoms with Crippen LogP contribution in [0.15, 0.2) is 0 Å². The summed E-state index contributed by atoms with van der Waals surface area (Å²) in [7, 11) is 0. The van der Waals surface area contributed by atoms with Crippen molar-refractivity contribution in [3.63, 3.8) is 0 Å². The van der Waals surface area contributed by atoms with Gasteiger partial charge in [0.2, 0.25) is 0 Å². The molecule has 0 nitrogen and oxygen atoms in total. The monoisotopic (exact) mass is 212 g/mol. The van der Waals surface area contributed by atoms with Crippen molar-refractivity contribution >= 4 is 0 Å². The van der Waals surface area contributed by atoms with Crippen LogP contribution in [0.4, 0.5) is 0 Å². The minimum absolute atomic E-state index is 0.588. The molecule has 0 aromatic carbocycles. The van der Waals surface area contributed by atoms with Gasteiger partial charge >= 0.3 is 0 Å². The smallest absolute Gasteiger partial charge is 0.0305 e. The summed E-state index contributed by atoms with van der Waals surface area (Å²) in [6.07, 6.45) is 9.55. The zero-order chi connectivity index (χ0) is 11.9. The average Bonchev–Trinajstić information content (AvgIpc) is 2.31. The maximum Gasteiger partial charge on any atom is -0.0305 e. The van der Waals surface area contributed by atoms with Crippen molar-refractivity contribution in [1.82, 2.24) is 0 Å². The van der Waals surface area contributed by atoms with Crippen LogP contribution in [0.25, 0.3) is 0 Å². The Morgan fingerprint density at radius 2 is 1.00 bits per heavy atom. The molecule has 0 heterocycles. The van der Waals surface area contributed by atoms with Crippen LogP contribution < -0.4 is 0 Å². The second-order valence-corrected chi connectivity index (χ2v) is 5.58. The zero-order valence-corrected chi connectivity index (χ0v) is 11.9. The molecule has 0 radical (unpaired) electrons. The van der Waals surface area contributed by atoms with Crippen LogP contribution in [0.2, 0.25) is 0 Å². The number of rotatable bonds is 8. The van der Waals surface area contributed by atoms with Gasteiger partial charge in [0.05, 0.1) is 0 Å². The van der Waals surface area contributed by atoms with E-state index in [0.717, 1.165) is 0 Å². The van der Waals surface area contributed by atoms with Crippen molar-refractivity contribution < 1.29 is 0 Å². The molecule has 0 rings (SSSR count). The third-order valence-corrected chi connectivity index (χ3v) is 5.22. The molecule has 0 aromatic heterocycles. The first kappa shape index (κ1) is 15.0. The van der Waals surface area contributed by atoms with Crippen LogP contribution in [0.5, 0.6) is 0 Å². The molecule has 0 aliphatic heterocycles. The summed E-state index contributed by atoms with van der Waals surface area (Å²) in [5.41, 5.74) is 1.22. The molecule has 0 N–H and O–H groups in total. The standard InChI is InChI=1S/C15H32/c1-7-14(6,8-2)12-13-15(9-3,10-4)11-5/h7-13H2,1-6H3. The molecule has 0 fully saturated rings. The summed E-state index contributed by atoms with van der Waals surface area (Å²) in [6, 6.07) is 0. The fraction of sp³-hybridized carbons (Fsp3) is 1.00. The molecule has 0 amide bonds. The van der Waals surface area contributed by atoms with Crippen LogP contribution in [0.3, 0.4) is 0 Å². The molecular formula is C15H32. The maximum absolute atomic E-state index is 2.46. The van der Waals surface area contributed by atoms with E-state index in [-0.39, 0.29) is 0 Å². The van der Waals surface area contributed by atoms with E-state index < -0.39 is 0 Å². The highest BCUT2D eigenvalue weighted by molar-refractivity contribution is 4.80. The van der Waals surface area contributed by atoms with Gasteiger partial charge in [0, 0.05) is 0 Å². The molecule has 0 spiro atoms. The Hall–Kier alpha value is 0. The molecule has 0 heteroatoms. The van der Waals surface area contributed by atoms with Crippen molar-refractivity contribution in [1.29, 1.82) is 0 Å². The van der Waals surface area contributed by atoms with Gasteiger partial charge in [0.25, 0.3) is 0 Å². The highest BCUT2D eigenvalue weighted by atomic mass is 14.3. The van der Waals surface area contributed by atoms with Crippen molar-refractivity contribution in [3.05, 3.63) is 0 Å². The quantitative estimate of drug-likeness (QED) is 0.476. The van der Waals surface area contributed by atoms with Crippen LogP contribution in [0.1, 0.15) is 86.5 Å². The van der Waals surface area contributed by atoms with Crippen molar-refractivity contribution in [2.24, 2.45) is 10.8 Å². The largest absolute Gasteiger partial charge is 0.0649 e. The lowest BCUT2D eigenvalue weighted by Crippen LogP contribution is -2.23. The van der Waals surface area contributed by atoms with E-state index in [2.05, 4.69) is 41.5 Å². The third kappa shape index (κ3) is 4.17. The summed E-state index contributed by atoms with van der Waals surface area (Å²) in [6.45, 7) is 14.2. The highest BCUT2D eigenvalue weighted by Gasteiger charge is 2.28. The third-order valence-electron chi connectivity index (χ3n) is 5.22. The predicted octanol–water partition coefficient (Wildman–Crippen LogP) is 5.81. The molecule has 0 bridgehead atoms. The van der Waals surface area contributed by atoms with Gasteiger partial charge in [-0.3, -0.25) is 0 Å². The second kappa shape index (κ2) is 6.55. The second-order valence-electron chi connectivity index (χ2n) is 5.58. The predicted molar refractivity (Wildman–Crippen MR) is 71.2 cm³/mol. The Balaban J connectivity index is 4.32. The van der Waals surface area contributed by atoms with E-state index in [1.165, 1.54) is 44.9 Å². The van der Waals surface area contributed by atoms with Gasteiger partial charge in [-0.05, 0) is 23.7 Å². The van der Waals surface area contributed by atoms with E-state index >= 15 is 0 Å². The minimum atomic E-state index is 0.588. The van der Waals surface area contributed by atoms with Gasteiger partial charge in [-0.1, -0.05) is 73.6 Å². The fourth-order valence-corrected chi connectivity index (χ4v) is 2.45. The van der Waals surface area contributed by atoms with Crippen LogP contribution >= 0.6 is 0 Å². The first-order valence-electron chi connectivity index (χ1n) is 7.01. The molecule has 0 saturated carbocycles. The lowest BCUT2D eigenvalue weighted by molar-refractivity contribution is 0.163. The van der Waals surface area contributed by atoms with Crippen LogP contribution in [0, 0.1) is 10.8 Å². The normalized spacial score (nSPS) is 13.2. The van der Waals surface area contributed by atoms with E-state index in [1.807, 2.05) is 0 Å². The molecule has 0 unspecified atom stereocenters. The summed E-state index contributed by atoms with van der Waals surface area (Å²) < 4.78 is 0. The Morgan fingerprint density at radius 3 is 1.27 bits per heavy atom. The zero-order valence-electron chi connectivity index (χ0n) is 11.9. The molecule has 0 aliphatic carbocycles. The first-order chi connectivity index (χ1) is 7.01. The van der Waals surface area contributed by atoms with Gasteiger partial charge < -0.3 is 0 Å².